The zero-order valence-corrected chi connectivity index (χ0v) is 15.9. The van der Waals surface area contributed by atoms with Crippen LogP contribution in [0.4, 0.5) is 0 Å². The van der Waals surface area contributed by atoms with E-state index < -0.39 is 0 Å². The van der Waals surface area contributed by atoms with Gasteiger partial charge in [-0.2, -0.15) is 0 Å². The van der Waals surface area contributed by atoms with Crippen molar-refractivity contribution in [2.45, 2.75) is 6.92 Å². The lowest BCUT2D eigenvalue weighted by Crippen LogP contribution is -2.07. The minimum atomic E-state index is -0.218. The number of nitrogens with zero attached hydrogens (tertiary/aromatic N) is 1. The molecule has 0 aliphatic rings. The lowest BCUT2D eigenvalue weighted by Gasteiger charge is -2.08. The second-order valence-corrected chi connectivity index (χ2v) is 7.29. The van der Waals surface area contributed by atoms with Gasteiger partial charge in [0.25, 0.3) is 5.56 Å². The van der Waals surface area contributed by atoms with Gasteiger partial charge < -0.3 is 14.8 Å². The monoisotopic (exact) mass is 398 g/mol. The molecule has 5 nitrogen and oxygen atoms in total. The first-order valence-corrected chi connectivity index (χ1v) is 9.51. The van der Waals surface area contributed by atoms with Gasteiger partial charge in [-0.25, -0.2) is 4.98 Å². The van der Waals surface area contributed by atoms with E-state index in [-0.39, 0.29) is 11.3 Å². The average molecular weight is 399 g/mol. The number of hydrogen-bond donors (Lipinski definition) is 2. The minimum Gasteiger partial charge on any atom is -0.504 e. The molecule has 0 atom stereocenters. The Morgan fingerprint density at radius 1 is 1.22 bits per heavy atom. The van der Waals surface area contributed by atoms with Gasteiger partial charge in [0.15, 0.2) is 11.5 Å². The summed E-state index contributed by atoms with van der Waals surface area (Å²) >= 11 is 7.63. The molecular formula is C20H15ClN2O3S. The highest BCUT2D eigenvalue weighted by molar-refractivity contribution is 7.22. The van der Waals surface area contributed by atoms with Crippen LogP contribution in [0.5, 0.6) is 11.5 Å². The van der Waals surface area contributed by atoms with Gasteiger partial charge in [-0.05, 0) is 37.3 Å². The fraction of sp³-hybridized carbons (Fsp3) is 0.100. The van der Waals surface area contributed by atoms with Crippen molar-refractivity contribution in [1.29, 1.82) is 0 Å². The van der Waals surface area contributed by atoms with Crippen molar-refractivity contribution in [3.63, 3.8) is 0 Å². The molecule has 0 saturated carbocycles. The molecule has 2 aromatic carbocycles. The molecule has 0 fully saturated rings. The van der Waals surface area contributed by atoms with Gasteiger partial charge >= 0.3 is 0 Å². The molecule has 2 heterocycles. The summed E-state index contributed by atoms with van der Waals surface area (Å²) in [6.07, 6.45) is 0. The third-order valence-corrected chi connectivity index (χ3v) is 5.54. The number of thiophene rings is 1. The third kappa shape index (κ3) is 3.29. The number of aromatic amines is 1. The van der Waals surface area contributed by atoms with E-state index in [1.54, 1.807) is 12.1 Å². The normalized spacial score (nSPS) is 11.0. The second-order valence-electron chi connectivity index (χ2n) is 5.83. The topological polar surface area (TPSA) is 75.2 Å². The van der Waals surface area contributed by atoms with E-state index in [4.69, 9.17) is 16.3 Å². The van der Waals surface area contributed by atoms with E-state index >= 15 is 0 Å². The summed E-state index contributed by atoms with van der Waals surface area (Å²) in [5, 5.41) is 10.5. The summed E-state index contributed by atoms with van der Waals surface area (Å²) in [4.78, 5) is 20.9. The van der Waals surface area contributed by atoms with Crippen LogP contribution in [0.25, 0.3) is 32.0 Å². The van der Waals surface area contributed by atoms with Gasteiger partial charge in [-0.1, -0.05) is 29.8 Å². The second kappa shape index (κ2) is 7.06. The number of fused-ring (bicyclic) bond motifs is 1. The van der Waals surface area contributed by atoms with Gasteiger partial charge in [0, 0.05) is 21.0 Å². The maximum atomic E-state index is 12.6. The molecule has 4 aromatic rings. The Morgan fingerprint density at radius 2 is 2.04 bits per heavy atom. The van der Waals surface area contributed by atoms with Crippen molar-refractivity contribution in [3.8, 4) is 33.3 Å². The van der Waals surface area contributed by atoms with Gasteiger partial charge in [-0.15, -0.1) is 11.3 Å². The summed E-state index contributed by atoms with van der Waals surface area (Å²) in [5.74, 6) is 0.803. The number of H-pyrrole nitrogens is 1. The van der Waals surface area contributed by atoms with Crippen LogP contribution in [0, 0.1) is 0 Å². The Kier molecular flexibility index (Phi) is 4.59. The van der Waals surface area contributed by atoms with Crippen LogP contribution in [0.3, 0.4) is 0 Å². The van der Waals surface area contributed by atoms with Crippen LogP contribution in [0.2, 0.25) is 5.02 Å². The highest BCUT2D eigenvalue weighted by Gasteiger charge is 2.14. The summed E-state index contributed by atoms with van der Waals surface area (Å²) in [6.45, 7) is 2.26. The number of hydrogen-bond acceptors (Lipinski definition) is 5. The fourth-order valence-electron chi connectivity index (χ4n) is 2.80. The molecule has 2 N–H and O–H groups in total. The lowest BCUT2D eigenvalue weighted by atomic mass is 10.1. The van der Waals surface area contributed by atoms with Crippen molar-refractivity contribution in [1.82, 2.24) is 9.97 Å². The number of rotatable bonds is 4. The molecule has 0 radical (unpaired) electrons. The highest BCUT2D eigenvalue weighted by atomic mass is 35.5. The molecule has 0 aliphatic carbocycles. The van der Waals surface area contributed by atoms with Crippen LogP contribution >= 0.6 is 22.9 Å². The average Bonchev–Trinajstić information content (AvgIpc) is 3.08. The summed E-state index contributed by atoms with van der Waals surface area (Å²) in [5.41, 5.74) is 1.90. The number of nitrogens with one attached hydrogen (secondary N) is 1. The van der Waals surface area contributed by atoms with Crippen molar-refractivity contribution in [3.05, 3.63) is 63.9 Å². The largest absolute Gasteiger partial charge is 0.504 e. The molecule has 2 aromatic heterocycles. The van der Waals surface area contributed by atoms with Crippen LogP contribution in [0.15, 0.2) is 53.3 Å². The zero-order chi connectivity index (χ0) is 19.0. The first kappa shape index (κ1) is 17.6. The van der Waals surface area contributed by atoms with Crippen LogP contribution in [0.1, 0.15) is 6.92 Å². The van der Waals surface area contributed by atoms with Gasteiger partial charge in [0.05, 0.1) is 12.1 Å². The number of aromatic hydroxyl groups is 1. The van der Waals surface area contributed by atoms with Gasteiger partial charge in [0.2, 0.25) is 0 Å². The predicted octanol–water partition coefficient (Wildman–Crippen LogP) is 5.08. The Labute approximate surface area is 163 Å². The molecule has 4 rings (SSSR count). The van der Waals surface area contributed by atoms with E-state index in [9.17, 15) is 9.90 Å². The Hall–Kier alpha value is -2.83. The number of phenols is 1. The molecule has 0 amide bonds. The molecule has 136 valence electrons. The molecule has 27 heavy (non-hydrogen) atoms. The Morgan fingerprint density at radius 3 is 2.81 bits per heavy atom. The number of halogens is 1. The summed E-state index contributed by atoms with van der Waals surface area (Å²) < 4.78 is 5.95. The first-order valence-electron chi connectivity index (χ1n) is 8.31. The first-order chi connectivity index (χ1) is 13.1. The van der Waals surface area contributed by atoms with E-state index in [0.29, 0.717) is 39.0 Å². The van der Waals surface area contributed by atoms with Crippen molar-refractivity contribution in [2.75, 3.05) is 6.61 Å². The van der Waals surface area contributed by atoms with Crippen molar-refractivity contribution >= 4 is 33.2 Å². The molecule has 0 bridgehead atoms. The molecule has 0 saturated heterocycles. The van der Waals surface area contributed by atoms with Crippen LogP contribution in [-0.4, -0.2) is 21.7 Å². The Bertz CT molecular complexity index is 1200. The maximum Gasteiger partial charge on any atom is 0.269 e. The third-order valence-electron chi connectivity index (χ3n) is 4.06. The molecular weight excluding hydrogens is 384 g/mol. The highest BCUT2D eigenvalue weighted by Crippen LogP contribution is 2.36. The smallest absolute Gasteiger partial charge is 0.269 e. The zero-order valence-electron chi connectivity index (χ0n) is 14.3. The predicted molar refractivity (Wildman–Crippen MR) is 109 cm³/mol. The van der Waals surface area contributed by atoms with E-state index in [2.05, 4.69) is 9.97 Å². The quantitative estimate of drug-likeness (QED) is 0.503. The number of phenolic OH excluding ortho intramolecular Hbond substituents is 1. The van der Waals surface area contributed by atoms with Crippen molar-refractivity contribution < 1.29 is 9.84 Å². The number of ether oxygens (including phenoxy) is 1. The maximum absolute atomic E-state index is 12.6. The molecule has 0 spiro atoms. The van der Waals surface area contributed by atoms with E-state index in [1.165, 1.54) is 17.4 Å². The van der Waals surface area contributed by atoms with Gasteiger partial charge in [-0.3, -0.25) is 4.79 Å². The lowest BCUT2D eigenvalue weighted by molar-refractivity contribution is 0.318. The van der Waals surface area contributed by atoms with Crippen molar-refractivity contribution in [2.24, 2.45) is 0 Å². The number of aromatic nitrogens is 2. The SMILES string of the molecule is CCOc1cc(-c2nc3cc(-c4ccccc4Cl)sc3c(=O)[nH]2)ccc1O. The standard InChI is InChI=1S/C20H15ClN2O3S/c1-2-26-16-9-11(7-8-15(16)24)19-22-14-10-17(27-18(14)20(25)23-19)12-5-3-4-6-13(12)21/h3-10,24H,2H2,1H3,(H,22,23,25). The van der Waals surface area contributed by atoms with Crippen LogP contribution < -0.4 is 10.3 Å². The molecule has 0 aliphatic heterocycles. The minimum absolute atomic E-state index is 0.0422. The van der Waals surface area contributed by atoms with E-state index in [1.807, 2.05) is 37.3 Å². The van der Waals surface area contributed by atoms with Crippen LogP contribution in [-0.2, 0) is 0 Å². The molecule has 7 heteroatoms. The number of benzene rings is 2. The van der Waals surface area contributed by atoms with E-state index in [0.717, 1.165) is 10.4 Å². The summed E-state index contributed by atoms with van der Waals surface area (Å²) in [7, 11) is 0. The van der Waals surface area contributed by atoms with Gasteiger partial charge in [0.1, 0.15) is 10.5 Å². The Balaban J connectivity index is 1.84. The fourth-order valence-corrected chi connectivity index (χ4v) is 4.13. The summed E-state index contributed by atoms with van der Waals surface area (Å²) in [6, 6.07) is 14.2. The molecule has 0 unspecified atom stereocenters.